The molecule has 0 saturated carbocycles. The lowest BCUT2D eigenvalue weighted by Gasteiger charge is -2.11. The number of nitrogens with zero attached hydrogens (tertiary/aromatic N) is 3. The van der Waals surface area contributed by atoms with Crippen molar-refractivity contribution in [3.8, 4) is 6.01 Å². The van der Waals surface area contributed by atoms with E-state index in [0.717, 1.165) is 11.3 Å². The van der Waals surface area contributed by atoms with Crippen molar-refractivity contribution < 1.29 is 4.74 Å². The van der Waals surface area contributed by atoms with Crippen molar-refractivity contribution in [1.29, 1.82) is 0 Å². The Kier molecular flexibility index (Phi) is 4.24. The first-order valence-corrected chi connectivity index (χ1v) is 6.53. The van der Waals surface area contributed by atoms with E-state index in [0.29, 0.717) is 11.0 Å². The fourth-order valence-electron chi connectivity index (χ4n) is 1.54. The lowest BCUT2D eigenvalue weighted by Crippen LogP contribution is -2.12. The molecule has 0 unspecified atom stereocenters. The number of nitrogen functional groups attached to an aromatic ring is 1. The van der Waals surface area contributed by atoms with Gasteiger partial charge in [0.15, 0.2) is 0 Å². The average molecular weight is 294 g/mol. The highest BCUT2D eigenvalue weighted by Gasteiger charge is 2.08. The van der Waals surface area contributed by atoms with Gasteiger partial charge < -0.3 is 15.8 Å². The van der Waals surface area contributed by atoms with Crippen molar-refractivity contribution in [2.24, 2.45) is 0 Å². The van der Waals surface area contributed by atoms with Gasteiger partial charge in [0.1, 0.15) is 0 Å². The lowest BCUT2D eigenvalue weighted by molar-refractivity contribution is 0.222. The topological polar surface area (TPSA) is 86.0 Å². The molecule has 1 aromatic heterocycles. The fourth-order valence-corrected chi connectivity index (χ4v) is 1.71. The second kappa shape index (κ2) is 5.92. The van der Waals surface area contributed by atoms with Gasteiger partial charge in [0.2, 0.25) is 11.9 Å². The number of aromatic nitrogens is 3. The van der Waals surface area contributed by atoms with Crippen LogP contribution < -0.4 is 15.8 Å². The molecule has 1 aromatic carbocycles. The van der Waals surface area contributed by atoms with Crippen LogP contribution in [0, 0.1) is 6.92 Å². The van der Waals surface area contributed by atoms with Gasteiger partial charge in [-0.2, -0.15) is 15.0 Å². The van der Waals surface area contributed by atoms with Gasteiger partial charge >= 0.3 is 6.01 Å². The van der Waals surface area contributed by atoms with Crippen LogP contribution in [0.15, 0.2) is 18.2 Å². The minimum absolute atomic E-state index is 0.0439. The molecule has 0 radical (unpaired) electrons. The first-order valence-electron chi connectivity index (χ1n) is 6.15. The minimum atomic E-state index is -0.0439. The fraction of sp³-hybridized carbons (Fsp3) is 0.308. The Morgan fingerprint density at radius 3 is 2.70 bits per heavy atom. The SMILES string of the molecule is Cc1ccc(Cl)cc1Nc1nc(N)nc(OC(C)C)n1. The summed E-state index contributed by atoms with van der Waals surface area (Å²) < 4.78 is 5.42. The van der Waals surface area contributed by atoms with Crippen molar-refractivity contribution in [3.63, 3.8) is 0 Å². The number of hydrogen-bond donors (Lipinski definition) is 2. The molecule has 7 heteroatoms. The number of anilines is 3. The maximum atomic E-state index is 5.97. The molecule has 106 valence electrons. The molecule has 0 atom stereocenters. The molecule has 1 heterocycles. The summed E-state index contributed by atoms with van der Waals surface area (Å²) in [4.78, 5) is 12.1. The number of halogens is 1. The summed E-state index contributed by atoms with van der Waals surface area (Å²) >= 11 is 5.97. The average Bonchev–Trinajstić information content (AvgIpc) is 2.32. The largest absolute Gasteiger partial charge is 0.461 e. The molecule has 2 rings (SSSR count). The Balaban J connectivity index is 2.28. The second-order valence-electron chi connectivity index (χ2n) is 4.55. The molecule has 2 aromatic rings. The van der Waals surface area contributed by atoms with E-state index in [4.69, 9.17) is 22.1 Å². The summed E-state index contributed by atoms with van der Waals surface area (Å²) in [7, 11) is 0. The van der Waals surface area contributed by atoms with E-state index in [1.54, 1.807) is 6.07 Å². The van der Waals surface area contributed by atoms with Gasteiger partial charge in [-0.05, 0) is 38.5 Å². The third kappa shape index (κ3) is 3.71. The van der Waals surface area contributed by atoms with Crippen molar-refractivity contribution in [1.82, 2.24) is 15.0 Å². The monoisotopic (exact) mass is 293 g/mol. The molecular weight excluding hydrogens is 278 g/mol. The molecule has 0 aliphatic rings. The van der Waals surface area contributed by atoms with E-state index < -0.39 is 0 Å². The molecule has 0 aliphatic heterocycles. The standard InChI is InChI=1S/C13H16ClN5O/c1-7(2)20-13-18-11(15)17-12(19-13)16-10-6-9(14)5-4-8(10)3/h4-7H,1-3H3,(H3,15,16,17,18,19). The van der Waals surface area contributed by atoms with Crippen LogP contribution in [0.25, 0.3) is 0 Å². The molecule has 0 bridgehead atoms. The molecule has 0 fully saturated rings. The van der Waals surface area contributed by atoms with Crippen LogP contribution in [-0.4, -0.2) is 21.1 Å². The zero-order valence-corrected chi connectivity index (χ0v) is 12.3. The zero-order chi connectivity index (χ0) is 14.7. The van der Waals surface area contributed by atoms with Crippen molar-refractivity contribution in [2.75, 3.05) is 11.1 Å². The van der Waals surface area contributed by atoms with Crippen LogP contribution in [0.1, 0.15) is 19.4 Å². The molecular formula is C13H16ClN5O. The van der Waals surface area contributed by atoms with Crippen LogP contribution in [0.3, 0.4) is 0 Å². The quantitative estimate of drug-likeness (QED) is 0.901. The Labute approximate surface area is 122 Å². The highest BCUT2D eigenvalue weighted by atomic mass is 35.5. The molecule has 0 aliphatic carbocycles. The van der Waals surface area contributed by atoms with E-state index in [-0.39, 0.29) is 18.1 Å². The van der Waals surface area contributed by atoms with Crippen LogP contribution in [0.5, 0.6) is 6.01 Å². The van der Waals surface area contributed by atoms with Gasteiger partial charge in [-0.25, -0.2) is 0 Å². The van der Waals surface area contributed by atoms with Gasteiger partial charge in [-0.15, -0.1) is 0 Å². The Bertz CT molecular complexity index is 618. The number of nitrogens with one attached hydrogen (secondary N) is 1. The number of aryl methyl sites for hydroxylation is 1. The molecule has 3 N–H and O–H groups in total. The second-order valence-corrected chi connectivity index (χ2v) is 4.99. The summed E-state index contributed by atoms with van der Waals surface area (Å²) in [5.41, 5.74) is 7.47. The van der Waals surface area contributed by atoms with Crippen molar-refractivity contribution in [3.05, 3.63) is 28.8 Å². The van der Waals surface area contributed by atoms with Gasteiger partial charge in [-0.1, -0.05) is 17.7 Å². The van der Waals surface area contributed by atoms with Crippen molar-refractivity contribution >= 4 is 29.2 Å². The van der Waals surface area contributed by atoms with E-state index >= 15 is 0 Å². The number of hydrogen-bond acceptors (Lipinski definition) is 6. The first-order chi connectivity index (χ1) is 9.44. The van der Waals surface area contributed by atoms with Gasteiger partial charge in [0.05, 0.1) is 6.10 Å². The number of ether oxygens (including phenoxy) is 1. The maximum Gasteiger partial charge on any atom is 0.323 e. The first kappa shape index (κ1) is 14.3. The number of nitrogens with two attached hydrogens (primary N) is 1. The third-order valence-electron chi connectivity index (χ3n) is 2.42. The van der Waals surface area contributed by atoms with Crippen LogP contribution in [0.2, 0.25) is 5.02 Å². The summed E-state index contributed by atoms with van der Waals surface area (Å²) in [6, 6.07) is 5.70. The van der Waals surface area contributed by atoms with Crippen molar-refractivity contribution in [2.45, 2.75) is 26.9 Å². The molecule has 6 nitrogen and oxygen atoms in total. The van der Waals surface area contributed by atoms with Gasteiger partial charge in [-0.3, -0.25) is 0 Å². The highest BCUT2D eigenvalue weighted by molar-refractivity contribution is 6.30. The maximum absolute atomic E-state index is 5.97. The Morgan fingerprint density at radius 1 is 1.25 bits per heavy atom. The number of rotatable bonds is 4. The van der Waals surface area contributed by atoms with E-state index in [1.165, 1.54) is 0 Å². The smallest absolute Gasteiger partial charge is 0.323 e. The molecule has 20 heavy (non-hydrogen) atoms. The van der Waals surface area contributed by atoms with Crippen LogP contribution in [0.4, 0.5) is 17.6 Å². The third-order valence-corrected chi connectivity index (χ3v) is 2.65. The number of benzene rings is 1. The Morgan fingerprint density at radius 2 is 2.00 bits per heavy atom. The summed E-state index contributed by atoms with van der Waals surface area (Å²) in [6.07, 6.45) is -0.0439. The molecule has 0 spiro atoms. The summed E-state index contributed by atoms with van der Waals surface area (Å²) in [5, 5.41) is 3.68. The zero-order valence-electron chi connectivity index (χ0n) is 11.5. The summed E-state index contributed by atoms with van der Waals surface area (Å²) in [5.74, 6) is 0.413. The normalized spacial score (nSPS) is 10.7. The minimum Gasteiger partial charge on any atom is -0.461 e. The molecule has 0 saturated heterocycles. The molecule has 0 amide bonds. The predicted molar refractivity (Wildman–Crippen MR) is 79.5 cm³/mol. The Hall–Kier alpha value is -2.08. The van der Waals surface area contributed by atoms with E-state index in [2.05, 4.69) is 20.3 Å². The summed E-state index contributed by atoms with van der Waals surface area (Å²) in [6.45, 7) is 5.72. The highest BCUT2D eigenvalue weighted by Crippen LogP contribution is 2.23. The van der Waals surface area contributed by atoms with Gasteiger partial charge in [0, 0.05) is 10.7 Å². The van der Waals surface area contributed by atoms with E-state index in [1.807, 2.05) is 32.9 Å². The van der Waals surface area contributed by atoms with Gasteiger partial charge in [0.25, 0.3) is 0 Å². The lowest BCUT2D eigenvalue weighted by atomic mass is 10.2. The van der Waals surface area contributed by atoms with E-state index in [9.17, 15) is 0 Å². The van der Waals surface area contributed by atoms with Crippen LogP contribution in [-0.2, 0) is 0 Å². The predicted octanol–water partition coefficient (Wildman–Crippen LogP) is 2.95. The van der Waals surface area contributed by atoms with Crippen LogP contribution >= 0.6 is 11.6 Å².